The lowest BCUT2D eigenvalue weighted by atomic mass is 10.1. The number of nitrogens with zero attached hydrogens (tertiary/aromatic N) is 4. The molecule has 5 nitrogen and oxygen atoms in total. The number of aryl methyl sites for hydroxylation is 1. The Balaban J connectivity index is 1.55. The van der Waals surface area contributed by atoms with Crippen molar-refractivity contribution in [2.75, 3.05) is 26.3 Å². The van der Waals surface area contributed by atoms with Gasteiger partial charge in [-0.3, -0.25) is 0 Å². The summed E-state index contributed by atoms with van der Waals surface area (Å²) in [6, 6.07) is 10.6. The average Bonchev–Trinajstić information content (AvgIpc) is 3.08. The highest BCUT2D eigenvalue weighted by Crippen LogP contribution is 2.29. The van der Waals surface area contributed by atoms with Gasteiger partial charge in [-0.1, -0.05) is 74.2 Å². The van der Waals surface area contributed by atoms with E-state index in [0.29, 0.717) is 13.1 Å². The minimum absolute atomic E-state index is 0.343. The fourth-order valence-corrected chi connectivity index (χ4v) is 4.51. The summed E-state index contributed by atoms with van der Waals surface area (Å²) in [5.41, 5.74) is 2.01. The number of amidine groups is 1. The van der Waals surface area contributed by atoms with Gasteiger partial charge in [-0.2, -0.15) is 0 Å². The van der Waals surface area contributed by atoms with Crippen LogP contribution in [0.4, 0.5) is 0 Å². The number of hydrogen-bond donors (Lipinski definition) is 1. The highest BCUT2D eigenvalue weighted by Gasteiger charge is 2.35. The van der Waals surface area contributed by atoms with E-state index in [1.807, 2.05) is 6.08 Å². The van der Waals surface area contributed by atoms with Crippen LogP contribution < -0.4 is 0 Å². The number of unbranched alkanes of at least 4 members (excludes halogenated alkanes) is 3. The van der Waals surface area contributed by atoms with Crippen molar-refractivity contribution in [2.45, 2.75) is 63.6 Å². The molecular weight excluding hydrogens is 408 g/mol. The van der Waals surface area contributed by atoms with E-state index < -0.39 is 5.62 Å². The third-order valence-corrected chi connectivity index (χ3v) is 6.21. The zero-order valence-electron chi connectivity index (χ0n) is 18.8. The van der Waals surface area contributed by atoms with Gasteiger partial charge in [0, 0.05) is 25.8 Å². The summed E-state index contributed by atoms with van der Waals surface area (Å²) in [4.78, 5) is 11.3. The van der Waals surface area contributed by atoms with Gasteiger partial charge in [0.15, 0.2) is 5.84 Å². The van der Waals surface area contributed by atoms with Crippen LogP contribution in [-0.2, 0) is 6.42 Å². The van der Waals surface area contributed by atoms with Crippen LogP contribution in [0.25, 0.3) is 0 Å². The maximum Gasteiger partial charge on any atom is 0.200 e. The number of aliphatic imine (C=N–C) groups is 1. The quantitative estimate of drug-likeness (QED) is 0.205. The predicted octanol–water partition coefficient (Wildman–Crippen LogP) is 4.79. The van der Waals surface area contributed by atoms with Crippen molar-refractivity contribution in [3.05, 3.63) is 60.4 Å². The van der Waals surface area contributed by atoms with Crippen LogP contribution in [0.15, 0.2) is 59.9 Å². The Morgan fingerprint density at radius 3 is 2.77 bits per heavy atom. The molecule has 0 bridgehead atoms. The minimum atomic E-state index is -0.393. The van der Waals surface area contributed by atoms with Crippen molar-refractivity contribution >= 4 is 17.4 Å². The van der Waals surface area contributed by atoms with Crippen molar-refractivity contribution in [3.8, 4) is 0 Å². The standard InChI is InChI=1S/C25H37ClN4O/c1-3-5-11-17-29-20-28(19-23-24(29)27-25(26)30(23)16-4-2)18-22(31)15-10-9-14-21-12-7-6-8-13-21/h4,6-8,12-13,19,22,25,31H,2-3,5,9-11,14-18,20H2,1H3. The van der Waals surface area contributed by atoms with E-state index >= 15 is 0 Å². The first-order valence-electron chi connectivity index (χ1n) is 11.6. The molecule has 0 amide bonds. The Morgan fingerprint density at radius 2 is 2.03 bits per heavy atom. The molecule has 2 heterocycles. The van der Waals surface area contributed by atoms with Gasteiger partial charge in [0.1, 0.15) is 0 Å². The number of aliphatic hydroxyl groups excluding tert-OH is 1. The van der Waals surface area contributed by atoms with Gasteiger partial charge in [0.05, 0.1) is 18.5 Å². The van der Waals surface area contributed by atoms with Crippen molar-refractivity contribution in [1.82, 2.24) is 14.7 Å². The summed E-state index contributed by atoms with van der Waals surface area (Å²) in [5.74, 6) is 0.978. The van der Waals surface area contributed by atoms with E-state index in [9.17, 15) is 5.11 Å². The van der Waals surface area contributed by atoms with Crippen LogP contribution in [0.1, 0.15) is 51.0 Å². The summed E-state index contributed by atoms with van der Waals surface area (Å²) in [5, 5.41) is 10.7. The summed E-state index contributed by atoms with van der Waals surface area (Å²) in [6.45, 7) is 9.07. The first kappa shape index (κ1) is 23.7. The second-order valence-electron chi connectivity index (χ2n) is 8.49. The van der Waals surface area contributed by atoms with Gasteiger partial charge in [0.2, 0.25) is 5.62 Å². The molecule has 0 aromatic heterocycles. The minimum Gasteiger partial charge on any atom is -0.391 e. The number of alkyl halides is 1. The molecule has 0 saturated heterocycles. The second kappa shape index (κ2) is 12.2. The van der Waals surface area contributed by atoms with E-state index in [2.05, 4.69) is 64.7 Å². The Labute approximate surface area is 192 Å². The molecule has 6 heteroatoms. The smallest absolute Gasteiger partial charge is 0.200 e. The van der Waals surface area contributed by atoms with Crippen LogP contribution in [0, 0.1) is 0 Å². The zero-order chi connectivity index (χ0) is 22.1. The molecule has 0 radical (unpaired) electrons. The Morgan fingerprint density at radius 1 is 1.23 bits per heavy atom. The van der Waals surface area contributed by atoms with Gasteiger partial charge in [0.25, 0.3) is 0 Å². The van der Waals surface area contributed by atoms with Gasteiger partial charge in [-0.05, 0) is 31.2 Å². The molecule has 0 aliphatic carbocycles. The first-order chi connectivity index (χ1) is 15.1. The first-order valence-corrected chi connectivity index (χ1v) is 12.1. The van der Waals surface area contributed by atoms with Crippen LogP contribution in [0.5, 0.6) is 0 Å². The lowest BCUT2D eigenvalue weighted by Gasteiger charge is -2.38. The molecular formula is C25H37ClN4O. The van der Waals surface area contributed by atoms with Gasteiger partial charge >= 0.3 is 0 Å². The molecule has 1 N–H and O–H groups in total. The largest absolute Gasteiger partial charge is 0.391 e. The van der Waals surface area contributed by atoms with Gasteiger partial charge in [-0.15, -0.1) is 6.58 Å². The number of benzene rings is 1. The third-order valence-electron chi connectivity index (χ3n) is 5.88. The fourth-order valence-electron chi connectivity index (χ4n) is 4.24. The Bertz CT molecular complexity index is 751. The summed E-state index contributed by atoms with van der Waals surface area (Å²) in [7, 11) is 0. The maximum atomic E-state index is 10.7. The van der Waals surface area contributed by atoms with E-state index in [4.69, 9.17) is 16.6 Å². The molecule has 1 aromatic carbocycles. The zero-order valence-corrected chi connectivity index (χ0v) is 19.6. The van der Waals surface area contributed by atoms with Crippen LogP contribution in [0.2, 0.25) is 0 Å². The van der Waals surface area contributed by atoms with E-state index in [0.717, 1.165) is 56.9 Å². The highest BCUT2D eigenvalue weighted by atomic mass is 35.5. The lowest BCUT2D eigenvalue weighted by molar-refractivity contribution is 0.103. The number of halogens is 1. The van der Waals surface area contributed by atoms with Crippen LogP contribution >= 0.6 is 11.6 Å². The molecule has 31 heavy (non-hydrogen) atoms. The third kappa shape index (κ3) is 6.75. The fraction of sp³-hybridized carbons (Fsp3) is 0.560. The Kier molecular flexibility index (Phi) is 9.29. The molecule has 2 aliphatic rings. The molecule has 0 fully saturated rings. The van der Waals surface area contributed by atoms with E-state index in [1.165, 1.54) is 18.4 Å². The summed E-state index contributed by atoms with van der Waals surface area (Å²) >= 11 is 6.50. The van der Waals surface area contributed by atoms with Gasteiger partial charge in [-0.25, -0.2) is 4.99 Å². The molecule has 2 atom stereocenters. The van der Waals surface area contributed by atoms with Crippen molar-refractivity contribution in [3.63, 3.8) is 0 Å². The normalized spacial score (nSPS) is 19.2. The SMILES string of the molecule is C=CCN1C2=CN(CC(O)CCCCc3ccccc3)CN(CCCCC)C2=NC1Cl. The van der Waals surface area contributed by atoms with Gasteiger partial charge < -0.3 is 19.8 Å². The molecule has 2 aliphatic heterocycles. The summed E-state index contributed by atoms with van der Waals surface area (Å²) in [6.07, 6.45) is 11.2. The number of aliphatic hydroxyl groups is 1. The topological polar surface area (TPSA) is 42.3 Å². The number of hydrogen-bond acceptors (Lipinski definition) is 5. The van der Waals surface area contributed by atoms with Crippen LogP contribution in [0.3, 0.4) is 0 Å². The second-order valence-corrected chi connectivity index (χ2v) is 8.88. The molecule has 2 unspecified atom stereocenters. The lowest BCUT2D eigenvalue weighted by Crippen LogP contribution is -2.48. The van der Waals surface area contributed by atoms with Crippen molar-refractivity contribution in [1.29, 1.82) is 0 Å². The highest BCUT2D eigenvalue weighted by molar-refractivity contribution is 6.22. The van der Waals surface area contributed by atoms with E-state index in [-0.39, 0.29) is 6.10 Å². The molecule has 0 saturated carbocycles. The van der Waals surface area contributed by atoms with E-state index in [1.54, 1.807) is 0 Å². The molecule has 1 aromatic rings. The maximum absolute atomic E-state index is 10.7. The Hall–Kier alpha value is -1.98. The number of β-amino-alcohol motifs (C(OH)–C–C–N with tert-alkyl or cyclic N) is 1. The monoisotopic (exact) mass is 444 g/mol. The average molecular weight is 445 g/mol. The van der Waals surface area contributed by atoms with Crippen molar-refractivity contribution in [2.24, 2.45) is 4.99 Å². The molecule has 0 spiro atoms. The summed E-state index contributed by atoms with van der Waals surface area (Å²) < 4.78 is 0. The predicted molar refractivity (Wildman–Crippen MR) is 130 cm³/mol. The van der Waals surface area contributed by atoms with Crippen LogP contribution in [-0.4, -0.2) is 63.7 Å². The number of rotatable bonds is 13. The molecule has 170 valence electrons. The molecule has 3 rings (SSSR count). The number of fused-ring (bicyclic) bond motifs is 1. The van der Waals surface area contributed by atoms with Crippen molar-refractivity contribution < 1.29 is 5.11 Å².